The number of rotatable bonds is 6. The second-order valence-electron chi connectivity index (χ2n) is 6.78. The molecule has 2 fully saturated rings. The second kappa shape index (κ2) is 7.49. The Hall–Kier alpha value is -0.990. The van der Waals surface area contributed by atoms with E-state index >= 15 is 0 Å². The van der Waals surface area contributed by atoms with E-state index in [1.807, 2.05) is 6.92 Å². The molecule has 1 aliphatic carbocycles. The van der Waals surface area contributed by atoms with Crippen molar-refractivity contribution in [3.63, 3.8) is 0 Å². The van der Waals surface area contributed by atoms with E-state index in [1.165, 1.54) is 12.8 Å². The van der Waals surface area contributed by atoms with E-state index in [1.54, 1.807) is 24.3 Å². The summed E-state index contributed by atoms with van der Waals surface area (Å²) in [6.45, 7) is 2.39. The molecule has 2 aliphatic rings. The molecule has 1 aromatic carbocycles. The summed E-state index contributed by atoms with van der Waals surface area (Å²) in [4.78, 5) is 0.223. The van der Waals surface area contributed by atoms with Crippen LogP contribution < -0.4 is 10.0 Å². The summed E-state index contributed by atoms with van der Waals surface area (Å²) in [6.07, 6.45) is 3.49. The Balaban J connectivity index is 1.53. The van der Waals surface area contributed by atoms with E-state index in [0.717, 1.165) is 18.4 Å². The van der Waals surface area contributed by atoms with Gasteiger partial charge in [0.2, 0.25) is 10.0 Å². The number of hydrogen-bond donors (Lipinski definition) is 3. The molecule has 1 aliphatic heterocycles. The Bertz CT molecular complexity index is 641. The summed E-state index contributed by atoms with van der Waals surface area (Å²) in [5.41, 5.74) is 1.00. The third-order valence-corrected chi connectivity index (χ3v) is 6.33. The van der Waals surface area contributed by atoms with Crippen molar-refractivity contribution in [2.75, 3.05) is 13.2 Å². The Morgan fingerprint density at radius 3 is 2.54 bits per heavy atom. The molecule has 3 rings (SSSR count). The van der Waals surface area contributed by atoms with Crippen molar-refractivity contribution >= 4 is 10.0 Å². The highest BCUT2D eigenvalue weighted by Crippen LogP contribution is 2.22. The minimum Gasteiger partial charge on any atom is -0.389 e. The van der Waals surface area contributed by atoms with Crippen molar-refractivity contribution in [2.24, 2.45) is 0 Å². The van der Waals surface area contributed by atoms with Crippen LogP contribution in [-0.4, -0.2) is 51.0 Å². The summed E-state index contributed by atoms with van der Waals surface area (Å²) in [5.74, 6) is 0. The molecule has 0 unspecified atom stereocenters. The fourth-order valence-electron chi connectivity index (χ4n) is 3.40. The molecule has 0 bridgehead atoms. The van der Waals surface area contributed by atoms with Crippen LogP contribution in [0, 0.1) is 6.92 Å². The minimum atomic E-state index is -3.59. The van der Waals surface area contributed by atoms with Crippen molar-refractivity contribution in [1.29, 1.82) is 0 Å². The molecule has 1 heterocycles. The molecule has 6 nitrogen and oxygen atoms in total. The second-order valence-corrected chi connectivity index (χ2v) is 8.55. The van der Waals surface area contributed by atoms with Crippen LogP contribution in [-0.2, 0) is 14.8 Å². The average molecular weight is 354 g/mol. The van der Waals surface area contributed by atoms with Gasteiger partial charge in [0.05, 0.1) is 29.8 Å². The van der Waals surface area contributed by atoms with Gasteiger partial charge < -0.3 is 15.2 Å². The molecule has 1 saturated carbocycles. The SMILES string of the molecule is Cc1ccc(S(=O)(=O)NC[C@H]2OC[C@@H](NC3CCCC3)[C@@H]2O)cc1. The third kappa shape index (κ3) is 4.15. The van der Waals surface area contributed by atoms with E-state index in [4.69, 9.17) is 4.74 Å². The van der Waals surface area contributed by atoms with Gasteiger partial charge in [0.25, 0.3) is 0 Å². The zero-order valence-electron chi connectivity index (χ0n) is 13.9. The maximum atomic E-state index is 12.3. The van der Waals surface area contributed by atoms with Gasteiger partial charge in [-0.05, 0) is 31.9 Å². The Morgan fingerprint density at radius 2 is 1.88 bits per heavy atom. The van der Waals surface area contributed by atoms with Gasteiger partial charge in [-0.2, -0.15) is 0 Å². The fourth-order valence-corrected chi connectivity index (χ4v) is 4.44. The molecule has 0 amide bonds. The van der Waals surface area contributed by atoms with Crippen LogP contribution >= 0.6 is 0 Å². The normalized spacial score (nSPS) is 28.5. The minimum absolute atomic E-state index is 0.0697. The molecule has 0 radical (unpaired) electrons. The van der Waals surface area contributed by atoms with Crippen LogP contribution in [0.3, 0.4) is 0 Å². The van der Waals surface area contributed by atoms with Gasteiger partial charge in [-0.3, -0.25) is 0 Å². The first-order valence-electron chi connectivity index (χ1n) is 8.58. The lowest BCUT2D eigenvalue weighted by Crippen LogP contribution is -2.47. The van der Waals surface area contributed by atoms with Crippen molar-refractivity contribution in [3.05, 3.63) is 29.8 Å². The van der Waals surface area contributed by atoms with E-state index < -0.39 is 22.2 Å². The molecule has 134 valence electrons. The number of ether oxygens (including phenoxy) is 1. The van der Waals surface area contributed by atoms with Crippen molar-refractivity contribution in [2.45, 2.75) is 61.8 Å². The van der Waals surface area contributed by atoms with Crippen LogP contribution in [0.5, 0.6) is 0 Å². The first-order chi connectivity index (χ1) is 11.5. The number of sulfonamides is 1. The van der Waals surface area contributed by atoms with Crippen molar-refractivity contribution < 1.29 is 18.3 Å². The first kappa shape index (κ1) is 17.8. The van der Waals surface area contributed by atoms with Crippen LogP contribution in [0.4, 0.5) is 0 Å². The van der Waals surface area contributed by atoms with Gasteiger partial charge >= 0.3 is 0 Å². The average Bonchev–Trinajstić information content (AvgIpc) is 3.18. The first-order valence-corrected chi connectivity index (χ1v) is 10.1. The summed E-state index contributed by atoms with van der Waals surface area (Å²) in [7, 11) is -3.59. The van der Waals surface area contributed by atoms with Crippen LogP contribution in [0.1, 0.15) is 31.2 Å². The number of nitrogens with one attached hydrogen (secondary N) is 2. The maximum absolute atomic E-state index is 12.3. The van der Waals surface area contributed by atoms with Gasteiger partial charge in [-0.15, -0.1) is 0 Å². The lowest BCUT2D eigenvalue weighted by atomic mass is 10.1. The van der Waals surface area contributed by atoms with Gasteiger partial charge in [0.1, 0.15) is 0 Å². The predicted octanol–water partition coefficient (Wildman–Crippen LogP) is 0.934. The molecule has 7 heteroatoms. The number of hydrogen-bond acceptors (Lipinski definition) is 5. The van der Waals surface area contributed by atoms with E-state index in [0.29, 0.717) is 12.6 Å². The zero-order chi connectivity index (χ0) is 17.2. The summed E-state index contributed by atoms with van der Waals surface area (Å²) >= 11 is 0. The Kier molecular flexibility index (Phi) is 5.56. The monoisotopic (exact) mass is 354 g/mol. The Labute approximate surface area is 143 Å². The molecule has 0 aromatic heterocycles. The highest BCUT2D eigenvalue weighted by atomic mass is 32.2. The van der Waals surface area contributed by atoms with E-state index in [9.17, 15) is 13.5 Å². The smallest absolute Gasteiger partial charge is 0.240 e. The lowest BCUT2D eigenvalue weighted by molar-refractivity contribution is 0.0440. The Morgan fingerprint density at radius 1 is 1.21 bits per heavy atom. The van der Waals surface area contributed by atoms with Gasteiger partial charge in [0.15, 0.2) is 0 Å². The van der Waals surface area contributed by atoms with Gasteiger partial charge in [-0.1, -0.05) is 30.5 Å². The van der Waals surface area contributed by atoms with E-state index in [-0.39, 0.29) is 17.5 Å². The molecule has 1 saturated heterocycles. The molecular weight excluding hydrogens is 328 g/mol. The molecule has 3 atom stereocenters. The van der Waals surface area contributed by atoms with E-state index in [2.05, 4.69) is 10.0 Å². The summed E-state index contributed by atoms with van der Waals surface area (Å²) < 4.78 is 32.7. The number of aliphatic hydroxyl groups is 1. The number of benzene rings is 1. The fraction of sp³-hybridized carbons (Fsp3) is 0.647. The summed E-state index contributed by atoms with van der Waals surface area (Å²) in [5, 5.41) is 13.8. The van der Waals surface area contributed by atoms with Crippen molar-refractivity contribution in [1.82, 2.24) is 10.0 Å². The highest BCUT2D eigenvalue weighted by molar-refractivity contribution is 7.89. The van der Waals surface area contributed by atoms with Gasteiger partial charge in [-0.25, -0.2) is 13.1 Å². The molecule has 24 heavy (non-hydrogen) atoms. The predicted molar refractivity (Wildman–Crippen MR) is 91.3 cm³/mol. The van der Waals surface area contributed by atoms with Crippen LogP contribution in [0.25, 0.3) is 0 Å². The topological polar surface area (TPSA) is 87.7 Å². The van der Waals surface area contributed by atoms with Gasteiger partial charge in [0, 0.05) is 12.6 Å². The molecule has 1 aromatic rings. The largest absolute Gasteiger partial charge is 0.389 e. The standard InChI is InChI=1S/C17H26N2O4S/c1-12-6-8-14(9-7-12)24(21,22)18-10-16-17(20)15(11-23-16)19-13-4-2-3-5-13/h6-9,13,15-20H,2-5,10-11H2,1H3/t15-,16-,17+/m1/s1. The van der Waals surface area contributed by atoms with Crippen molar-refractivity contribution in [3.8, 4) is 0 Å². The lowest BCUT2D eigenvalue weighted by Gasteiger charge is -2.22. The van der Waals surface area contributed by atoms with Crippen LogP contribution in [0.15, 0.2) is 29.2 Å². The highest BCUT2D eigenvalue weighted by Gasteiger charge is 2.37. The molecule has 3 N–H and O–H groups in total. The maximum Gasteiger partial charge on any atom is 0.240 e. The number of aryl methyl sites for hydroxylation is 1. The molecule has 0 spiro atoms. The third-order valence-electron chi connectivity index (χ3n) is 4.89. The molecular formula is C17H26N2O4S. The summed E-state index contributed by atoms with van der Waals surface area (Å²) in [6, 6.07) is 6.99. The number of aliphatic hydroxyl groups excluding tert-OH is 1. The van der Waals surface area contributed by atoms with Crippen LogP contribution in [0.2, 0.25) is 0 Å². The zero-order valence-corrected chi connectivity index (χ0v) is 14.8. The quantitative estimate of drug-likeness (QED) is 0.707.